The number of rotatable bonds is 17. The Kier molecular flexibility index (Phi) is 14.8. The first kappa shape index (κ1) is 37.7. The molecule has 0 aromatic heterocycles. The second-order valence-corrected chi connectivity index (χ2v) is 13.8. The number of nitrogens with two attached hydrogens (primary N) is 1. The number of nitrogens with zero attached hydrogens (tertiary/aromatic N) is 2. The number of nitrogens with one attached hydrogen (secondary N) is 2. The number of methoxy groups -OCH3 is 1. The molecule has 1 heterocycles. The fourth-order valence-electron chi connectivity index (χ4n) is 5.50. The third kappa shape index (κ3) is 11.2. The van der Waals surface area contributed by atoms with Crippen molar-refractivity contribution >= 4 is 39.9 Å². The highest BCUT2D eigenvalue weighted by atomic mass is 32.2. The maximum Gasteiger partial charge on any atom is 0.256 e. The van der Waals surface area contributed by atoms with Crippen LogP contribution in [-0.2, 0) is 26.9 Å². The minimum atomic E-state index is -1.37. The molecular weight excluding hydrogens is 643 g/mol. The average molecular weight is 692 g/mol. The molecule has 264 valence electrons. The number of amides is 3. The second kappa shape index (κ2) is 19.2. The molecule has 4 N–H and O–H groups in total. The van der Waals surface area contributed by atoms with Gasteiger partial charge in [-0.3, -0.25) is 18.6 Å². The third-order valence-electron chi connectivity index (χ3n) is 8.36. The number of hydrogen-bond donors (Lipinski definition) is 3. The Bertz CT molecular complexity index is 1610. The van der Waals surface area contributed by atoms with Gasteiger partial charge in [-0.05, 0) is 94.2 Å². The molecule has 0 saturated carbocycles. The minimum absolute atomic E-state index is 0.153. The lowest BCUT2D eigenvalue weighted by atomic mass is 10.1. The fourth-order valence-corrected chi connectivity index (χ4v) is 6.78. The van der Waals surface area contributed by atoms with E-state index in [4.69, 9.17) is 15.2 Å². The lowest BCUT2D eigenvalue weighted by molar-refractivity contribution is -0.132. The van der Waals surface area contributed by atoms with Crippen LogP contribution in [-0.4, -0.2) is 91.0 Å². The molecule has 12 heteroatoms. The van der Waals surface area contributed by atoms with Crippen molar-refractivity contribution in [1.29, 1.82) is 0 Å². The van der Waals surface area contributed by atoms with Gasteiger partial charge in [-0.15, -0.1) is 0 Å². The van der Waals surface area contributed by atoms with Gasteiger partial charge in [0.05, 0.1) is 40.2 Å². The number of anilines is 2. The molecule has 0 spiro atoms. The average Bonchev–Trinajstić information content (AvgIpc) is 3.10. The number of aryl methyl sites for hydroxylation is 1. The summed E-state index contributed by atoms with van der Waals surface area (Å²) in [7, 11) is 2.25. The Labute approximate surface area is 292 Å². The molecule has 1 atom stereocenters. The topological polar surface area (TPSA) is 143 Å². The Morgan fingerprint density at radius 2 is 1.61 bits per heavy atom. The largest absolute Gasteiger partial charge is 0.491 e. The van der Waals surface area contributed by atoms with Gasteiger partial charge < -0.3 is 35.6 Å². The molecule has 1 aliphatic heterocycles. The van der Waals surface area contributed by atoms with Crippen molar-refractivity contribution < 1.29 is 28.1 Å². The van der Waals surface area contributed by atoms with E-state index in [1.54, 1.807) is 42.5 Å². The van der Waals surface area contributed by atoms with Crippen LogP contribution in [0.5, 0.6) is 5.75 Å². The van der Waals surface area contributed by atoms with Crippen molar-refractivity contribution in [3.8, 4) is 5.75 Å². The summed E-state index contributed by atoms with van der Waals surface area (Å²) >= 11 is 0. The quantitative estimate of drug-likeness (QED) is 0.171. The number of hydrogen-bond acceptors (Lipinski definition) is 8. The van der Waals surface area contributed by atoms with E-state index in [2.05, 4.69) is 22.6 Å². The predicted molar refractivity (Wildman–Crippen MR) is 194 cm³/mol. The molecule has 1 unspecified atom stereocenters. The minimum Gasteiger partial charge on any atom is -0.491 e. The Hall–Kier alpha value is -4.10. The standard InChI is InChI=1S/C37H49N5O6S/c1-27-13-15-32(33(24-27)48-22-8-4-5-12-35(43)42-20-18-41(2)19-21-42)40-36(44)28-14-16-31(29(25-28)26-47-3)39-37(45)30-10-6-7-11-34(30)49(46)23-9-17-38/h6-7,10-11,13-16,24-25H,4-5,8-9,12,17-23,26,38H2,1-3H3,(H,39,45)(H,40,44). The van der Waals surface area contributed by atoms with Crippen LogP contribution in [0.1, 0.15) is 63.9 Å². The highest BCUT2D eigenvalue weighted by Gasteiger charge is 2.20. The van der Waals surface area contributed by atoms with Crippen LogP contribution in [0.25, 0.3) is 0 Å². The van der Waals surface area contributed by atoms with Crippen LogP contribution in [0.15, 0.2) is 65.6 Å². The second-order valence-electron chi connectivity index (χ2n) is 12.2. The SMILES string of the molecule is COCc1cc(C(=O)Nc2ccc(C)cc2OCCCCCC(=O)N2CCN(C)CC2)ccc1NC(=O)c1ccccc1S(=O)CCCN. The third-order valence-corrected chi connectivity index (χ3v) is 9.87. The Morgan fingerprint density at radius 3 is 2.37 bits per heavy atom. The van der Waals surface area contributed by atoms with Gasteiger partial charge in [-0.1, -0.05) is 18.2 Å². The van der Waals surface area contributed by atoms with Crippen molar-refractivity contribution in [3.63, 3.8) is 0 Å². The van der Waals surface area contributed by atoms with Crippen molar-refractivity contribution in [1.82, 2.24) is 9.80 Å². The number of carbonyl (C=O) groups is 3. The number of piperazine rings is 1. The van der Waals surface area contributed by atoms with Gasteiger partial charge in [-0.25, -0.2) is 0 Å². The summed E-state index contributed by atoms with van der Waals surface area (Å²) in [4.78, 5) is 43.9. The molecule has 1 saturated heterocycles. The fraction of sp³-hybridized carbons (Fsp3) is 0.432. The van der Waals surface area contributed by atoms with E-state index in [0.29, 0.717) is 70.5 Å². The normalized spacial score (nSPS) is 13.9. The maximum absolute atomic E-state index is 13.4. The van der Waals surface area contributed by atoms with Gasteiger partial charge in [0.15, 0.2) is 0 Å². The molecule has 0 bridgehead atoms. The van der Waals surface area contributed by atoms with E-state index < -0.39 is 16.7 Å². The van der Waals surface area contributed by atoms with Gasteiger partial charge in [0.2, 0.25) is 5.91 Å². The summed E-state index contributed by atoms with van der Waals surface area (Å²) in [6.07, 6.45) is 3.61. The van der Waals surface area contributed by atoms with Crippen LogP contribution in [0.3, 0.4) is 0 Å². The van der Waals surface area contributed by atoms with E-state index in [1.807, 2.05) is 30.0 Å². The molecule has 4 rings (SSSR count). The first-order valence-electron chi connectivity index (χ1n) is 16.8. The first-order chi connectivity index (χ1) is 23.7. The van der Waals surface area contributed by atoms with Gasteiger partial charge in [0, 0.05) is 62.3 Å². The van der Waals surface area contributed by atoms with Gasteiger partial charge in [-0.2, -0.15) is 0 Å². The van der Waals surface area contributed by atoms with Crippen LogP contribution in [0.4, 0.5) is 11.4 Å². The zero-order valence-electron chi connectivity index (χ0n) is 28.8. The Morgan fingerprint density at radius 1 is 0.878 bits per heavy atom. The lowest BCUT2D eigenvalue weighted by Crippen LogP contribution is -2.47. The molecule has 0 aliphatic carbocycles. The van der Waals surface area contributed by atoms with Crippen LogP contribution in [0.2, 0.25) is 0 Å². The summed E-state index contributed by atoms with van der Waals surface area (Å²) in [5.74, 6) is 0.415. The molecule has 1 aliphatic rings. The molecule has 49 heavy (non-hydrogen) atoms. The zero-order valence-corrected chi connectivity index (χ0v) is 29.6. The van der Waals surface area contributed by atoms with Crippen LogP contribution in [0, 0.1) is 6.92 Å². The van der Waals surface area contributed by atoms with Crippen LogP contribution >= 0.6 is 0 Å². The van der Waals surface area contributed by atoms with Crippen molar-refractivity contribution in [2.75, 3.05) is 69.9 Å². The first-order valence-corrected chi connectivity index (χ1v) is 18.1. The van der Waals surface area contributed by atoms with Crippen molar-refractivity contribution in [2.45, 2.75) is 50.5 Å². The molecular formula is C37H49N5O6S. The van der Waals surface area contributed by atoms with Gasteiger partial charge >= 0.3 is 0 Å². The lowest BCUT2D eigenvalue weighted by Gasteiger charge is -2.32. The summed E-state index contributed by atoms with van der Waals surface area (Å²) in [5.41, 5.74) is 8.91. The summed E-state index contributed by atoms with van der Waals surface area (Å²) < 4.78 is 24.3. The number of benzene rings is 3. The summed E-state index contributed by atoms with van der Waals surface area (Å²) in [6.45, 7) is 6.43. The van der Waals surface area contributed by atoms with Crippen LogP contribution < -0.4 is 21.1 Å². The highest BCUT2D eigenvalue weighted by Crippen LogP contribution is 2.28. The summed E-state index contributed by atoms with van der Waals surface area (Å²) in [6, 6.07) is 17.4. The van der Waals surface area contributed by atoms with Gasteiger partial charge in [0.1, 0.15) is 5.75 Å². The predicted octanol–water partition coefficient (Wildman–Crippen LogP) is 4.82. The van der Waals surface area contributed by atoms with E-state index in [-0.39, 0.29) is 18.4 Å². The summed E-state index contributed by atoms with van der Waals surface area (Å²) in [5, 5.41) is 5.87. The smallest absolute Gasteiger partial charge is 0.256 e. The molecule has 11 nitrogen and oxygen atoms in total. The van der Waals surface area contributed by atoms with Gasteiger partial charge in [0.25, 0.3) is 11.8 Å². The highest BCUT2D eigenvalue weighted by molar-refractivity contribution is 7.85. The number of carbonyl (C=O) groups excluding carboxylic acids is 3. The number of likely N-dealkylation sites (N-methyl/N-ethyl adjacent to an activating group) is 1. The van der Waals surface area contributed by atoms with E-state index in [1.165, 1.54) is 7.11 Å². The molecule has 3 amide bonds. The molecule has 3 aromatic rings. The molecule has 0 radical (unpaired) electrons. The monoisotopic (exact) mass is 691 g/mol. The van der Waals surface area contributed by atoms with E-state index in [0.717, 1.165) is 51.0 Å². The molecule has 3 aromatic carbocycles. The Balaban J connectivity index is 1.35. The molecule has 1 fully saturated rings. The van der Waals surface area contributed by atoms with E-state index >= 15 is 0 Å². The maximum atomic E-state index is 13.4. The zero-order chi connectivity index (χ0) is 35.2. The van der Waals surface area contributed by atoms with Crippen molar-refractivity contribution in [3.05, 3.63) is 82.9 Å². The number of ether oxygens (including phenoxy) is 2. The van der Waals surface area contributed by atoms with Crippen molar-refractivity contribution in [2.24, 2.45) is 5.73 Å². The number of unbranched alkanes of at least 4 members (excludes halogenated alkanes) is 2. The van der Waals surface area contributed by atoms with E-state index in [9.17, 15) is 18.6 Å².